The number of methoxy groups -OCH3 is 1. The molecule has 1 aromatic rings. The normalized spacial score (nSPS) is 15.6. The molecule has 0 unspecified atom stereocenters. The average Bonchev–Trinajstić information content (AvgIpc) is 2.77. The van der Waals surface area contributed by atoms with Crippen LogP contribution in [0.2, 0.25) is 0 Å². The van der Waals surface area contributed by atoms with Crippen molar-refractivity contribution in [2.24, 2.45) is 0 Å². The minimum atomic E-state index is -1.17. The third-order valence-electron chi connectivity index (χ3n) is 3.00. The molecule has 1 fully saturated rings. The highest BCUT2D eigenvalue weighted by Gasteiger charge is 2.36. The molecule has 0 radical (unpaired) electrons. The van der Waals surface area contributed by atoms with Crippen molar-refractivity contribution in [3.63, 3.8) is 0 Å². The number of nitro groups is 1. The van der Waals surface area contributed by atoms with Crippen molar-refractivity contribution in [2.45, 2.75) is 25.5 Å². The van der Waals surface area contributed by atoms with Crippen LogP contribution in [0.25, 0.3) is 0 Å². The SMILES string of the molecule is COC(=O)C(C)(C)n1cc([N+](=O)[O-])c(OC2COC2)n1. The molecule has 9 heteroatoms. The lowest BCUT2D eigenvalue weighted by Crippen LogP contribution is -2.39. The zero-order chi connectivity index (χ0) is 14.9. The zero-order valence-electron chi connectivity index (χ0n) is 11.4. The first-order valence-corrected chi connectivity index (χ1v) is 5.93. The zero-order valence-corrected chi connectivity index (χ0v) is 11.4. The fourth-order valence-corrected chi connectivity index (χ4v) is 1.63. The van der Waals surface area contributed by atoms with Gasteiger partial charge in [0.15, 0.2) is 5.54 Å². The Kier molecular flexibility index (Phi) is 3.62. The Hall–Kier alpha value is -2.16. The van der Waals surface area contributed by atoms with Gasteiger partial charge in [-0.25, -0.2) is 9.48 Å². The Labute approximate surface area is 114 Å². The van der Waals surface area contributed by atoms with E-state index in [9.17, 15) is 14.9 Å². The minimum absolute atomic E-state index is 0.125. The van der Waals surface area contributed by atoms with Gasteiger partial charge in [-0.3, -0.25) is 10.1 Å². The van der Waals surface area contributed by atoms with Crippen molar-refractivity contribution < 1.29 is 23.9 Å². The summed E-state index contributed by atoms with van der Waals surface area (Å²) in [6.07, 6.45) is 0.907. The third kappa shape index (κ3) is 2.44. The molecule has 0 aromatic carbocycles. The van der Waals surface area contributed by atoms with Crippen LogP contribution in [-0.2, 0) is 19.8 Å². The second kappa shape index (κ2) is 5.08. The Morgan fingerprint density at radius 1 is 1.60 bits per heavy atom. The van der Waals surface area contributed by atoms with E-state index in [-0.39, 0.29) is 17.7 Å². The second-order valence-corrected chi connectivity index (χ2v) is 4.85. The summed E-state index contributed by atoms with van der Waals surface area (Å²) in [5.74, 6) is -0.686. The molecule has 0 spiro atoms. The first kappa shape index (κ1) is 14.3. The summed E-state index contributed by atoms with van der Waals surface area (Å²) >= 11 is 0. The Morgan fingerprint density at radius 2 is 2.25 bits per heavy atom. The van der Waals surface area contributed by atoms with Gasteiger partial charge < -0.3 is 14.2 Å². The van der Waals surface area contributed by atoms with E-state index in [4.69, 9.17) is 9.47 Å². The number of carbonyl (C=O) groups excluding carboxylic acids is 1. The van der Waals surface area contributed by atoms with E-state index >= 15 is 0 Å². The van der Waals surface area contributed by atoms with Gasteiger partial charge in [0.25, 0.3) is 0 Å². The molecule has 2 rings (SSSR count). The molecule has 1 saturated heterocycles. The number of hydrogen-bond acceptors (Lipinski definition) is 7. The quantitative estimate of drug-likeness (QED) is 0.440. The number of esters is 1. The number of carbonyl (C=O) groups is 1. The minimum Gasteiger partial charge on any atom is -0.467 e. The molecule has 0 amide bonds. The number of rotatable bonds is 5. The van der Waals surface area contributed by atoms with Crippen molar-refractivity contribution in [3.8, 4) is 5.88 Å². The van der Waals surface area contributed by atoms with Crippen LogP contribution in [0.5, 0.6) is 5.88 Å². The van der Waals surface area contributed by atoms with Gasteiger partial charge in [-0.05, 0) is 13.8 Å². The smallest absolute Gasteiger partial charge is 0.350 e. The van der Waals surface area contributed by atoms with Crippen molar-refractivity contribution in [1.29, 1.82) is 0 Å². The van der Waals surface area contributed by atoms with Gasteiger partial charge in [0, 0.05) is 0 Å². The van der Waals surface area contributed by atoms with Crippen LogP contribution in [0.15, 0.2) is 6.20 Å². The van der Waals surface area contributed by atoms with Crippen LogP contribution < -0.4 is 4.74 Å². The number of aromatic nitrogens is 2. The predicted molar refractivity (Wildman–Crippen MR) is 65.5 cm³/mol. The molecule has 0 atom stereocenters. The van der Waals surface area contributed by atoms with Gasteiger partial charge in [0.2, 0.25) is 0 Å². The van der Waals surface area contributed by atoms with E-state index in [1.165, 1.54) is 11.8 Å². The lowest BCUT2D eigenvalue weighted by atomic mass is 10.1. The van der Waals surface area contributed by atoms with E-state index in [0.717, 1.165) is 6.20 Å². The molecule has 0 N–H and O–H groups in total. The van der Waals surface area contributed by atoms with Crippen LogP contribution in [0, 0.1) is 10.1 Å². The topological polar surface area (TPSA) is 106 Å². The van der Waals surface area contributed by atoms with Crippen molar-refractivity contribution in [3.05, 3.63) is 16.3 Å². The van der Waals surface area contributed by atoms with E-state index in [1.807, 2.05) is 0 Å². The lowest BCUT2D eigenvalue weighted by Gasteiger charge is -2.25. The highest BCUT2D eigenvalue weighted by Crippen LogP contribution is 2.30. The highest BCUT2D eigenvalue weighted by atomic mass is 16.6. The standard InChI is InChI=1S/C11H15N3O6/c1-11(2,10(15)18-3)13-4-8(14(16)17)9(12-13)20-7-5-19-6-7/h4,7H,5-6H2,1-3H3. The summed E-state index contributed by atoms with van der Waals surface area (Å²) in [6.45, 7) is 3.83. The molecular formula is C11H15N3O6. The van der Waals surface area contributed by atoms with Gasteiger partial charge >= 0.3 is 17.5 Å². The van der Waals surface area contributed by atoms with Crippen molar-refractivity contribution >= 4 is 11.7 Å². The van der Waals surface area contributed by atoms with Gasteiger partial charge in [-0.1, -0.05) is 0 Å². The predicted octanol–water partition coefficient (Wildman–Crippen LogP) is 0.477. The highest BCUT2D eigenvalue weighted by molar-refractivity contribution is 5.77. The van der Waals surface area contributed by atoms with E-state index in [1.54, 1.807) is 13.8 Å². The summed E-state index contributed by atoms with van der Waals surface area (Å²) < 4.78 is 16.1. The summed E-state index contributed by atoms with van der Waals surface area (Å²) in [5, 5.41) is 15.0. The van der Waals surface area contributed by atoms with Crippen molar-refractivity contribution in [2.75, 3.05) is 20.3 Å². The largest absolute Gasteiger partial charge is 0.467 e. The van der Waals surface area contributed by atoms with Crippen LogP contribution in [-0.4, -0.2) is 47.1 Å². The van der Waals surface area contributed by atoms with Gasteiger partial charge in [0.05, 0.1) is 25.2 Å². The lowest BCUT2D eigenvalue weighted by molar-refractivity contribution is -0.386. The summed E-state index contributed by atoms with van der Waals surface area (Å²) in [4.78, 5) is 22.1. The number of ether oxygens (including phenoxy) is 3. The first-order valence-electron chi connectivity index (χ1n) is 5.93. The molecule has 9 nitrogen and oxygen atoms in total. The summed E-state index contributed by atoms with van der Waals surface area (Å²) in [5.41, 5.74) is -1.47. The molecule has 2 heterocycles. The first-order chi connectivity index (χ1) is 9.36. The number of nitrogens with zero attached hydrogens (tertiary/aromatic N) is 3. The third-order valence-corrected chi connectivity index (χ3v) is 3.00. The summed E-state index contributed by atoms with van der Waals surface area (Å²) in [7, 11) is 1.24. The molecule has 1 aromatic heterocycles. The average molecular weight is 285 g/mol. The summed E-state index contributed by atoms with van der Waals surface area (Å²) in [6, 6.07) is 0. The van der Waals surface area contributed by atoms with E-state index in [2.05, 4.69) is 9.84 Å². The Balaban J connectivity index is 2.32. The molecule has 20 heavy (non-hydrogen) atoms. The molecule has 0 saturated carbocycles. The molecule has 0 aliphatic carbocycles. The van der Waals surface area contributed by atoms with Gasteiger partial charge in [-0.2, -0.15) is 0 Å². The second-order valence-electron chi connectivity index (χ2n) is 4.85. The van der Waals surface area contributed by atoms with Crippen molar-refractivity contribution in [1.82, 2.24) is 9.78 Å². The molecule has 110 valence electrons. The fourth-order valence-electron chi connectivity index (χ4n) is 1.63. The maximum atomic E-state index is 11.7. The van der Waals surface area contributed by atoms with E-state index < -0.39 is 16.4 Å². The molecular weight excluding hydrogens is 270 g/mol. The fraction of sp³-hybridized carbons (Fsp3) is 0.636. The van der Waals surface area contributed by atoms with Crippen LogP contribution in [0.3, 0.4) is 0 Å². The van der Waals surface area contributed by atoms with Crippen LogP contribution in [0.1, 0.15) is 13.8 Å². The van der Waals surface area contributed by atoms with Gasteiger partial charge in [0.1, 0.15) is 12.3 Å². The Bertz CT molecular complexity index is 534. The maximum absolute atomic E-state index is 11.7. The number of hydrogen-bond donors (Lipinski definition) is 0. The maximum Gasteiger partial charge on any atom is 0.350 e. The van der Waals surface area contributed by atoms with Crippen LogP contribution >= 0.6 is 0 Å². The van der Waals surface area contributed by atoms with E-state index in [0.29, 0.717) is 13.2 Å². The monoisotopic (exact) mass is 285 g/mol. The van der Waals surface area contributed by atoms with Gasteiger partial charge in [-0.15, -0.1) is 5.10 Å². The van der Waals surface area contributed by atoms with Crippen LogP contribution in [0.4, 0.5) is 5.69 Å². The molecule has 1 aliphatic rings. The molecule has 1 aliphatic heterocycles. The Morgan fingerprint density at radius 3 is 2.70 bits per heavy atom. The molecule has 0 bridgehead atoms.